The van der Waals surface area contributed by atoms with Gasteiger partial charge < -0.3 is 5.73 Å². The van der Waals surface area contributed by atoms with E-state index in [4.69, 9.17) is 5.73 Å². The molecule has 6 nitrogen and oxygen atoms in total. The van der Waals surface area contributed by atoms with Gasteiger partial charge in [0.25, 0.3) is 0 Å². The molecule has 1 aromatic heterocycles. The summed E-state index contributed by atoms with van der Waals surface area (Å²) in [6, 6.07) is 7.80. The molecule has 0 saturated heterocycles. The molecule has 0 atom stereocenters. The van der Waals surface area contributed by atoms with Gasteiger partial charge in [0.1, 0.15) is 0 Å². The lowest BCUT2D eigenvalue weighted by Gasteiger charge is -2.07. The average molecular weight is 343 g/mol. The fraction of sp³-hybridized carbons (Fsp3) is 0.0909. The highest BCUT2D eigenvalue weighted by Gasteiger charge is 2.15. The summed E-state index contributed by atoms with van der Waals surface area (Å²) in [5.41, 5.74) is 6.64. The Hall–Kier alpha value is -1.51. The number of sulfonamides is 1. The summed E-state index contributed by atoms with van der Waals surface area (Å²) in [6.07, 6.45) is 1.52. The predicted octanol–water partition coefficient (Wildman–Crippen LogP) is 1.30. The fourth-order valence-corrected chi connectivity index (χ4v) is 2.91. The van der Waals surface area contributed by atoms with Crippen molar-refractivity contribution in [3.8, 4) is 0 Å². The van der Waals surface area contributed by atoms with Gasteiger partial charge in [-0.2, -0.15) is 10.2 Å². The number of nitrogens with one attached hydrogen (secondary N) is 1. The van der Waals surface area contributed by atoms with Gasteiger partial charge in [-0.3, -0.25) is 0 Å². The number of hydrogen-bond acceptors (Lipinski definition) is 5. The molecule has 0 radical (unpaired) electrons. The van der Waals surface area contributed by atoms with E-state index in [9.17, 15) is 8.42 Å². The first-order valence-electron chi connectivity index (χ1n) is 5.30. The Morgan fingerprint density at radius 3 is 2.74 bits per heavy atom. The lowest BCUT2D eigenvalue weighted by molar-refractivity contribution is 0.580. The Bertz CT molecular complexity index is 676. The Morgan fingerprint density at radius 1 is 1.32 bits per heavy atom. The summed E-state index contributed by atoms with van der Waals surface area (Å²) in [5.74, 6) is 0. The van der Waals surface area contributed by atoms with Gasteiger partial charge in [-0.1, -0.05) is 0 Å². The standard InChI is InChI=1S/C11H11BrN4O2S/c12-10-6-9(3-4-11(10)13)19(17,18)15-7-8-2-1-5-14-16-8/h1-6,15H,7,13H2. The van der Waals surface area contributed by atoms with Crippen LogP contribution in [-0.2, 0) is 16.6 Å². The van der Waals surface area contributed by atoms with E-state index in [1.54, 1.807) is 12.1 Å². The van der Waals surface area contributed by atoms with Gasteiger partial charge >= 0.3 is 0 Å². The minimum absolute atomic E-state index is 0.0815. The zero-order chi connectivity index (χ0) is 13.9. The Kier molecular flexibility index (Phi) is 4.13. The van der Waals surface area contributed by atoms with Crippen LogP contribution in [0.2, 0.25) is 0 Å². The van der Waals surface area contributed by atoms with E-state index in [1.165, 1.54) is 24.4 Å². The summed E-state index contributed by atoms with van der Waals surface area (Å²) < 4.78 is 27.1. The number of anilines is 1. The number of nitrogen functional groups attached to an aromatic ring is 1. The van der Waals surface area contributed by atoms with E-state index in [0.717, 1.165) is 0 Å². The molecular formula is C11H11BrN4O2S. The summed E-state index contributed by atoms with van der Waals surface area (Å²) in [7, 11) is -3.60. The molecule has 0 fully saturated rings. The van der Waals surface area contributed by atoms with Gasteiger partial charge in [-0.15, -0.1) is 0 Å². The fourth-order valence-electron chi connectivity index (χ4n) is 1.36. The molecule has 0 unspecified atom stereocenters. The molecule has 3 N–H and O–H groups in total. The van der Waals surface area contributed by atoms with E-state index in [2.05, 4.69) is 30.8 Å². The molecule has 0 bridgehead atoms. The van der Waals surface area contributed by atoms with Crippen molar-refractivity contribution in [2.24, 2.45) is 0 Å². The second kappa shape index (κ2) is 5.64. The molecule has 100 valence electrons. The smallest absolute Gasteiger partial charge is 0.240 e. The second-order valence-electron chi connectivity index (χ2n) is 3.72. The molecule has 1 heterocycles. The van der Waals surface area contributed by atoms with Gasteiger partial charge in [0.2, 0.25) is 10.0 Å². The van der Waals surface area contributed by atoms with Gasteiger partial charge in [-0.25, -0.2) is 13.1 Å². The topological polar surface area (TPSA) is 98.0 Å². The first kappa shape index (κ1) is 13.9. The van der Waals surface area contributed by atoms with Crippen molar-refractivity contribution >= 4 is 31.6 Å². The predicted molar refractivity (Wildman–Crippen MR) is 74.6 cm³/mol. The largest absolute Gasteiger partial charge is 0.398 e. The van der Waals surface area contributed by atoms with Gasteiger partial charge in [0.15, 0.2) is 0 Å². The highest BCUT2D eigenvalue weighted by Crippen LogP contribution is 2.22. The normalized spacial score (nSPS) is 11.4. The first-order chi connectivity index (χ1) is 8.99. The Morgan fingerprint density at radius 2 is 2.11 bits per heavy atom. The second-order valence-corrected chi connectivity index (χ2v) is 6.34. The molecule has 0 spiro atoms. The van der Waals surface area contributed by atoms with E-state index >= 15 is 0 Å². The maximum Gasteiger partial charge on any atom is 0.240 e. The summed E-state index contributed by atoms with van der Waals surface area (Å²) in [6.45, 7) is 0.0815. The number of rotatable bonds is 4. The summed E-state index contributed by atoms with van der Waals surface area (Å²) >= 11 is 3.19. The lowest BCUT2D eigenvalue weighted by Crippen LogP contribution is -2.23. The van der Waals surface area contributed by atoms with Crippen LogP contribution >= 0.6 is 15.9 Å². The molecule has 1 aromatic carbocycles. The number of hydrogen-bond donors (Lipinski definition) is 2. The van der Waals surface area contributed by atoms with Crippen LogP contribution in [0.1, 0.15) is 5.69 Å². The van der Waals surface area contributed by atoms with E-state index in [1.807, 2.05) is 0 Å². The zero-order valence-corrected chi connectivity index (χ0v) is 12.1. The molecule has 0 aliphatic heterocycles. The third-order valence-electron chi connectivity index (χ3n) is 2.35. The number of halogens is 1. The van der Waals surface area contributed by atoms with Crippen LogP contribution in [0.3, 0.4) is 0 Å². The molecule has 0 aliphatic carbocycles. The van der Waals surface area contributed by atoms with Crippen LogP contribution in [0.5, 0.6) is 0 Å². The van der Waals surface area contributed by atoms with E-state index < -0.39 is 10.0 Å². The van der Waals surface area contributed by atoms with Crippen molar-refractivity contribution < 1.29 is 8.42 Å². The molecule has 0 aliphatic rings. The van der Waals surface area contributed by atoms with Crippen LogP contribution in [0.4, 0.5) is 5.69 Å². The summed E-state index contributed by atoms with van der Waals surface area (Å²) in [4.78, 5) is 0.137. The van der Waals surface area contributed by atoms with Crippen molar-refractivity contribution in [3.63, 3.8) is 0 Å². The SMILES string of the molecule is Nc1ccc(S(=O)(=O)NCc2cccnn2)cc1Br. The first-order valence-corrected chi connectivity index (χ1v) is 7.58. The van der Waals surface area contributed by atoms with Gasteiger partial charge in [0.05, 0.1) is 17.1 Å². The number of nitrogens with zero attached hydrogens (tertiary/aromatic N) is 2. The number of nitrogens with two attached hydrogens (primary N) is 1. The average Bonchev–Trinajstić information content (AvgIpc) is 2.41. The molecule has 2 aromatic rings. The third-order valence-corrected chi connectivity index (χ3v) is 4.44. The Balaban J connectivity index is 2.16. The van der Waals surface area contributed by atoms with E-state index in [-0.39, 0.29) is 11.4 Å². The number of benzene rings is 1. The molecule has 0 saturated carbocycles. The maximum atomic E-state index is 12.0. The van der Waals surface area contributed by atoms with Gasteiger partial charge in [0, 0.05) is 16.4 Å². The van der Waals surface area contributed by atoms with Crippen molar-refractivity contribution in [3.05, 3.63) is 46.7 Å². The van der Waals surface area contributed by atoms with Crippen LogP contribution in [0.25, 0.3) is 0 Å². The minimum atomic E-state index is -3.60. The molecule has 0 amide bonds. The molecule has 2 rings (SSSR count). The van der Waals surface area contributed by atoms with Crippen molar-refractivity contribution in [2.75, 3.05) is 5.73 Å². The lowest BCUT2D eigenvalue weighted by atomic mass is 10.3. The van der Waals surface area contributed by atoms with Crippen LogP contribution < -0.4 is 10.5 Å². The van der Waals surface area contributed by atoms with Crippen molar-refractivity contribution in [1.82, 2.24) is 14.9 Å². The maximum absolute atomic E-state index is 12.0. The highest BCUT2D eigenvalue weighted by atomic mass is 79.9. The van der Waals surface area contributed by atoms with Crippen LogP contribution in [0.15, 0.2) is 45.9 Å². The van der Waals surface area contributed by atoms with Crippen LogP contribution in [0, 0.1) is 0 Å². The van der Waals surface area contributed by atoms with Crippen molar-refractivity contribution in [2.45, 2.75) is 11.4 Å². The Labute approximate surface area is 119 Å². The van der Waals surface area contributed by atoms with Crippen molar-refractivity contribution in [1.29, 1.82) is 0 Å². The zero-order valence-electron chi connectivity index (χ0n) is 9.75. The molecule has 19 heavy (non-hydrogen) atoms. The molecular weight excluding hydrogens is 332 g/mol. The quantitative estimate of drug-likeness (QED) is 0.816. The summed E-state index contributed by atoms with van der Waals surface area (Å²) in [5, 5.41) is 7.48. The van der Waals surface area contributed by atoms with E-state index in [0.29, 0.717) is 15.9 Å². The minimum Gasteiger partial charge on any atom is -0.398 e. The monoisotopic (exact) mass is 342 g/mol. The van der Waals surface area contributed by atoms with Gasteiger partial charge in [-0.05, 0) is 46.3 Å². The number of aromatic nitrogens is 2. The third kappa shape index (κ3) is 3.49. The molecule has 8 heteroatoms. The highest BCUT2D eigenvalue weighted by molar-refractivity contribution is 9.10. The van der Waals surface area contributed by atoms with Crippen LogP contribution in [-0.4, -0.2) is 18.6 Å².